The van der Waals surface area contributed by atoms with Crippen LogP contribution < -0.4 is 4.31 Å². The first-order valence-corrected chi connectivity index (χ1v) is 13.0. The molecule has 0 aromatic heterocycles. The largest absolute Gasteiger partial charge is 0.508 e. The van der Waals surface area contributed by atoms with E-state index in [0.717, 1.165) is 24.8 Å². The normalized spacial score (nSPS) is 16.3. The SMILES string of the molecule is CN(c1ccccc1)S(=O)(=O)c1ccc(Cl)c(C(=O)N2CCCC(Cc3ccc(O)cc3)C2)c1. The summed E-state index contributed by atoms with van der Waals surface area (Å²) in [6.45, 7) is 1.17. The van der Waals surface area contributed by atoms with Gasteiger partial charge >= 0.3 is 0 Å². The van der Waals surface area contributed by atoms with Crippen molar-refractivity contribution in [2.24, 2.45) is 5.92 Å². The average Bonchev–Trinajstić information content (AvgIpc) is 2.85. The van der Waals surface area contributed by atoms with Gasteiger partial charge < -0.3 is 10.0 Å². The van der Waals surface area contributed by atoms with Crippen LogP contribution in [0.4, 0.5) is 5.69 Å². The minimum absolute atomic E-state index is 0.0178. The second-order valence-electron chi connectivity index (χ2n) is 8.58. The van der Waals surface area contributed by atoms with Crippen molar-refractivity contribution >= 4 is 33.2 Å². The number of sulfonamides is 1. The second-order valence-corrected chi connectivity index (χ2v) is 11.0. The first-order chi connectivity index (χ1) is 16.3. The lowest BCUT2D eigenvalue weighted by Crippen LogP contribution is -2.40. The molecule has 1 amide bonds. The second kappa shape index (κ2) is 10.1. The molecule has 0 aliphatic carbocycles. The summed E-state index contributed by atoms with van der Waals surface area (Å²) in [5.41, 5.74) is 1.82. The summed E-state index contributed by atoms with van der Waals surface area (Å²) < 4.78 is 27.6. The number of carbonyl (C=O) groups excluding carboxylic acids is 1. The van der Waals surface area contributed by atoms with E-state index in [9.17, 15) is 18.3 Å². The van der Waals surface area contributed by atoms with Crippen LogP contribution in [0.3, 0.4) is 0 Å². The Bertz CT molecular complexity index is 1260. The number of rotatable bonds is 6. The van der Waals surface area contributed by atoms with Gasteiger partial charge in [0.25, 0.3) is 15.9 Å². The zero-order chi connectivity index (χ0) is 24.3. The number of piperidine rings is 1. The molecule has 1 unspecified atom stereocenters. The van der Waals surface area contributed by atoms with Gasteiger partial charge in [-0.25, -0.2) is 8.42 Å². The van der Waals surface area contributed by atoms with Crippen LogP contribution >= 0.6 is 11.6 Å². The molecule has 0 spiro atoms. The molecule has 1 heterocycles. The van der Waals surface area contributed by atoms with Crippen LogP contribution in [0.15, 0.2) is 77.7 Å². The van der Waals surface area contributed by atoms with Crippen LogP contribution in [-0.4, -0.2) is 44.5 Å². The summed E-state index contributed by atoms with van der Waals surface area (Å²) in [6, 6.07) is 20.2. The molecule has 1 N–H and O–H groups in total. The lowest BCUT2D eigenvalue weighted by Gasteiger charge is -2.33. The number of phenols is 1. The standard InChI is InChI=1S/C26H27ClN2O4S/c1-28(21-7-3-2-4-8-21)34(32,33)23-13-14-25(27)24(17-23)26(31)29-15-5-6-20(18-29)16-19-9-11-22(30)12-10-19/h2-4,7-14,17,20,30H,5-6,15-16,18H2,1H3. The lowest BCUT2D eigenvalue weighted by molar-refractivity contribution is 0.0673. The molecular weight excluding hydrogens is 472 g/mol. The Kier molecular flexibility index (Phi) is 7.14. The molecule has 4 rings (SSSR count). The zero-order valence-corrected chi connectivity index (χ0v) is 20.5. The monoisotopic (exact) mass is 498 g/mol. The zero-order valence-electron chi connectivity index (χ0n) is 18.9. The predicted octanol–water partition coefficient (Wildman–Crippen LogP) is 4.97. The third kappa shape index (κ3) is 5.21. The van der Waals surface area contributed by atoms with E-state index >= 15 is 0 Å². The van der Waals surface area contributed by atoms with Gasteiger partial charge in [0.2, 0.25) is 0 Å². The molecule has 0 bridgehead atoms. The van der Waals surface area contributed by atoms with Crippen molar-refractivity contribution in [1.29, 1.82) is 0 Å². The van der Waals surface area contributed by atoms with E-state index in [1.165, 1.54) is 29.6 Å². The number of carbonyl (C=O) groups is 1. The number of amides is 1. The Labute approximate surface area is 205 Å². The van der Waals surface area contributed by atoms with Gasteiger partial charge in [0.15, 0.2) is 0 Å². The van der Waals surface area contributed by atoms with Gasteiger partial charge in [-0.3, -0.25) is 9.10 Å². The third-order valence-electron chi connectivity index (χ3n) is 6.21. The predicted molar refractivity (Wildman–Crippen MR) is 134 cm³/mol. The van der Waals surface area contributed by atoms with E-state index in [4.69, 9.17) is 11.6 Å². The minimum Gasteiger partial charge on any atom is -0.508 e. The van der Waals surface area contributed by atoms with Crippen molar-refractivity contribution in [3.05, 3.63) is 88.9 Å². The van der Waals surface area contributed by atoms with E-state index in [2.05, 4.69) is 0 Å². The Balaban J connectivity index is 1.54. The van der Waals surface area contributed by atoms with E-state index in [1.807, 2.05) is 18.2 Å². The molecular formula is C26H27ClN2O4S. The fraction of sp³-hybridized carbons (Fsp3) is 0.269. The minimum atomic E-state index is -3.87. The molecule has 34 heavy (non-hydrogen) atoms. The van der Waals surface area contributed by atoms with Crippen LogP contribution in [0.2, 0.25) is 5.02 Å². The maximum Gasteiger partial charge on any atom is 0.264 e. The molecule has 6 nitrogen and oxygen atoms in total. The molecule has 1 atom stereocenters. The van der Waals surface area contributed by atoms with E-state index in [-0.39, 0.29) is 33.1 Å². The summed E-state index contributed by atoms with van der Waals surface area (Å²) >= 11 is 6.36. The fourth-order valence-corrected chi connectivity index (χ4v) is 5.74. The number of halogens is 1. The Morgan fingerprint density at radius 3 is 2.50 bits per heavy atom. The van der Waals surface area contributed by atoms with Crippen LogP contribution in [0.25, 0.3) is 0 Å². The highest BCUT2D eigenvalue weighted by atomic mass is 35.5. The van der Waals surface area contributed by atoms with E-state index < -0.39 is 10.0 Å². The summed E-state index contributed by atoms with van der Waals surface area (Å²) in [5.74, 6) is 0.239. The Morgan fingerprint density at radius 1 is 1.09 bits per heavy atom. The molecule has 0 saturated carbocycles. The van der Waals surface area contributed by atoms with Crippen molar-refractivity contribution in [2.75, 3.05) is 24.4 Å². The summed E-state index contributed by atoms with van der Waals surface area (Å²) in [5, 5.41) is 9.73. The number of likely N-dealkylation sites (tertiary alicyclic amines) is 1. The van der Waals surface area contributed by atoms with E-state index in [1.54, 1.807) is 41.3 Å². The molecule has 1 fully saturated rings. The van der Waals surface area contributed by atoms with Crippen molar-refractivity contribution in [3.8, 4) is 5.75 Å². The van der Waals surface area contributed by atoms with Crippen LogP contribution in [0, 0.1) is 5.92 Å². The molecule has 1 aliphatic rings. The fourth-order valence-electron chi connectivity index (χ4n) is 4.32. The van der Waals surface area contributed by atoms with Gasteiger partial charge in [0, 0.05) is 20.1 Å². The van der Waals surface area contributed by atoms with Crippen molar-refractivity contribution < 1.29 is 18.3 Å². The smallest absolute Gasteiger partial charge is 0.264 e. The first-order valence-electron chi connectivity index (χ1n) is 11.2. The van der Waals surface area contributed by atoms with Gasteiger partial charge in [0.05, 0.1) is 21.2 Å². The molecule has 1 saturated heterocycles. The molecule has 1 aliphatic heterocycles. The maximum atomic E-state index is 13.4. The summed E-state index contributed by atoms with van der Waals surface area (Å²) in [6.07, 6.45) is 2.66. The van der Waals surface area contributed by atoms with Gasteiger partial charge in [-0.15, -0.1) is 0 Å². The highest BCUT2D eigenvalue weighted by Gasteiger charge is 2.28. The highest BCUT2D eigenvalue weighted by Crippen LogP contribution is 2.28. The van der Waals surface area contributed by atoms with Crippen LogP contribution in [0.1, 0.15) is 28.8 Å². The van der Waals surface area contributed by atoms with Crippen molar-refractivity contribution in [3.63, 3.8) is 0 Å². The number of aromatic hydroxyl groups is 1. The average molecular weight is 499 g/mol. The number of nitrogens with zero attached hydrogens (tertiary/aromatic N) is 2. The van der Waals surface area contributed by atoms with Gasteiger partial charge in [-0.1, -0.05) is 41.9 Å². The number of phenolic OH excluding ortho intramolecular Hbond substituents is 1. The van der Waals surface area contributed by atoms with Crippen molar-refractivity contribution in [1.82, 2.24) is 4.90 Å². The van der Waals surface area contributed by atoms with Crippen LogP contribution in [-0.2, 0) is 16.4 Å². The Morgan fingerprint density at radius 2 is 1.79 bits per heavy atom. The molecule has 3 aromatic carbocycles. The third-order valence-corrected chi connectivity index (χ3v) is 8.32. The van der Waals surface area contributed by atoms with Crippen LogP contribution in [0.5, 0.6) is 5.75 Å². The van der Waals surface area contributed by atoms with Gasteiger partial charge in [-0.2, -0.15) is 0 Å². The lowest BCUT2D eigenvalue weighted by atomic mass is 9.91. The number of anilines is 1. The van der Waals surface area contributed by atoms with Gasteiger partial charge in [-0.05, 0) is 73.2 Å². The number of hydrogen-bond donors (Lipinski definition) is 1. The summed E-state index contributed by atoms with van der Waals surface area (Å²) in [4.78, 5) is 15.2. The van der Waals surface area contributed by atoms with E-state index in [0.29, 0.717) is 18.8 Å². The number of benzene rings is 3. The molecule has 3 aromatic rings. The quantitative estimate of drug-likeness (QED) is 0.520. The highest BCUT2D eigenvalue weighted by molar-refractivity contribution is 7.92. The topological polar surface area (TPSA) is 77.9 Å². The summed E-state index contributed by atoms with van der Waals surface area (Å²) in [7, 11) is -2.38. The Hall–Kier alpha value is -3.03. The van der Waals surface area contributed by atoms with Crippen molar-refractivity contribution in [2.45, 2.75) is 24.2 Å². The number of hydrogen-bond acceptors (Lipinski definition) is 4. The number of para-hydroxylation sites is 1. The molecule has 178 valence electrons. The molecule has 8 heteroatoms. The molecule has 0 radical (unpaired) electrons. The maximum absolute atomic E-state index is 13.4. The van der Waals surface area contributed by atoms with Gasteiger partial charge in [0.1, 0.15) is 5.75 Å². The first kappa shape index (κ1) is 24.1.